The van der Waals surface area contributed by atoms with Crippen molar-refractivity contribution in [2.24, 2.45) is 0 Å². The third kappa shape index (κ3) is 2.10. The van der Waals surface area contributed by atoms with E-state index < -0.39 is 0 Å². The van der Waals surface area contributed by atoms with Crippen molar-refractivity contribution in [1.29, 1.82) is 0 Å². The van der Waals surface area contributed by atoms with Crippen LogP contribution < -0.4 is 0 Å². The molecule has 0 unspecified atom stereocenters. The van der Waals surface area contributed by atoms with Gasteiger partial charge in [-0.1, -0.05) is 0 Å². The van der Waals surface area contributed by atoms with Gasteiger partial charge in [-0.2, -0.15) is 0 Å². The molecule has 13 heavy (non-hydrogen) atoms. The lowest BCUT2D eigenvalue weighted by Crippen LogP contribution is -2.43. The molecule has 0 radical (unpaired) electrons. The molecule has 0 spiro atoms. The Kier molecular flexibility index (Phi) is 2.76. The molecule has 0 atom stereocenters. The Morgan fingerprint density at radius 1 is 1.54 bits per heavy atom. The number of rotatable bonds is 3. The summed E-state index contributed by atoms with van der Waals surface area (Å²) in [5.74, 6) is 0.190. The first-order chi connectivity index (χ1) is 5.97. The van der Waals surface area contributed by atoms with Crippen molar-refractivity contribution in [3.05, 3.63) is 11.8 Å². The smallest absolute Gasteiger partial charge is 0.157 e. The summed E-state index contributed by atoms with van der Waals surface area (Å²) in [6.45, 7) is 4.00. The van der Waals surface area contributed by atoms with Crippen LogP contribution in [-0.2, 0) is 4.79 Å². The maximum Gasteiger partial charge on any atom is 0.157 e. The van der Waals surface area contributed by atoms with Gasteiger partial charge in [-0.25, -0.2) is 0 Å². The number of hydrogen-bond donors (Lipinski definition) is 1. The fourth-order valence-corrected chi connectivity index (χ4v) is 1.34. The first-order valence-corrected chi connectivity index (χ1v) is 4.55. The second-order valence-corrected chi connectivity index (χ2v) is 4.13. The topological polar surface area (TPSA) is 40.5 Å². The van der Waals surface area contributed by atoms with Crippen molar-refractivity contribution in [2.75, 3.05) is 13.7 Å². The SMILES string of the molecule is CN(C1=CC(=O)CC1)C(C)(C)CO. The Morgan fingerprint density at radius 2 is 2.15 bits per heavy atom. The van der Waals surface area contributed by atoms with Crippen LogP contribution in [0, 0.1) is 0 Å². The van der Waals surface area contributed by atoms with Gasteiger partial charge >= 0.3 is 0 Å². The summed E-state index contributed by atoms with van der Waals surface area (Å²) >= 11 is 0. The zero-order chi connectivity index (χ0) is 10.1. The quantitative estimate of drug-likeness (QED) is 0.707. The van der Waals surface area contributed by atoms with Gasteiger partial charge in [-0.05, 0) is 20.3 Å². The van der Waals surface area contributed by atoms with Gasteiger partial charge in [0.05, 0.1) is 12.1 Å². The van der Waals surface area contributed by atoms with E-state index in [0.29, 0.717) is 6.42 Å². The molecule has 3 nitrogen and oxygen atoms in total. The van der Waals surface area contributed by atoms with E-state index in [0.717, 1.165) is 12.1 Å². The molecule has 0 amide bonds. The number of likely N-dealkylation sites (N-methyl/N-ethyl adjacent to an activating group) is 1. The highest BCUT2D eigenvalue weighted by molar-refractivity contribution is 5.92. The summed E-state index contributed by atoms with van der Waals surface area (Å²) in [6.07, 6.45) is 3.09. The Hall–Kier alpha value is -0.830. The zero-order valence-electron chi connectivity index (χ0n) is 8.50. The zero-order valence-corrected chi connectivity index (χ0v) is 8.50. The molecule has 0 saturated carbocycles. The van der Waals surface area contributed by atoms with Gasteiger partial charge in [-0.3, -0.25) is 4.79 Å². The molecule has 1 N–H and O–H groups in total. The van der Waals surface area contributed by atoms with Crippen LogP contribution in [-0.4, -0.2) is 35.0 Å². The van der Waals surface area contributed by atoms with E-state index in [2.05, 4.69) is 0 Å². The van der Waals surface area contributed by atoms with Gasteiger partial charge in [0.15, 0.2) is 5.78 Å². The Labute approximate surface area is 79.0 Å². The van der Waals surface area contributed by atoms with Gasteiger partial charge < -0.3 is 10.0 Å². The fourth-order valence-electron chi connectivity index (χ4n) is 1.34. The van der Waals surface area contributed by atoms with Crippen LogP contribution in [0.5, 0.6) is 0 Å². The van der Waals surface area contributed by atoms with Crippen molar-refractivity contribution >= 4 is 5.78 Å². The largest absolute Gasteiger partial charge is 0.394 e. The van der Waals surface area contributed by atoms with E-state index in [1.54, 1.807) is 6.08 Å². The number of carbonyl (C=O) groups excluding carboxylic acids is 1. The van der Waals surface area contributed by atoms with E-state index in [4.69, 9.17) is 5.11 Å². The minimum Gasteiger partial charge on any atom is -0.394 e. The summed E-state index contributed by atoms with van der Waals surface area (Å²) in [6, 6.07) is 0. The first-order valence-electron chi connectivity index (χ1n) is 4.55. The minimum atomic E-state index is -0.281. The van der Waals surface area contributed by atoms with Gasteiger partial charge in [-0.15, -0.1) is 0 Å². The Morgan fingerprint density at radius 3 is 2.54 bits per heavy atom. The predicted molar refractivity (Wildman–Crippen MR) is 51.3 cm³/mol. The van der Waals surface area contributed by atoms with Crippen LogP contribution in [0.4, 0.5) is 0 Å². The molecule has 0 aromatic carbocycles. The number of carbonyl (C=O) groups is 1. The van der Waals surface area contributed by atoms with Crippen molar-refractivity contribution in [1.82, 2.24) is 4.90 Å². The molecule has 0 aromatic rings. The van der Waals surface area contributed by atoms with Crippen LogP contribution in [0.2, 0.25) is 0 Å². The number of hydrogen-bond acceptors (Lipinski definition) is 3. The summed E-state index contributed by atoms with van der Waals surface area (Å²) in [5, 5.41) is 9.14. The molecular formula is C10H17NO2. The van der Waals surface area contributed by atoms with E-state index >= 15 is 0 Å². The van der Waals surface area contributed by atoms with Crippen molar-refractivity contribution in [3.63, 3.8) is 0 Å². The lowest BCUT2D eigenvalue weighted by molar-refractivity contribution is -0.114. The molecule has 1 aliphatic carbocycles. The van der Waals surface area contributed by atoms with Gasteiger partial charge in [0.2, 0.25) is 0 Å². The second kappa shape index (κ2) is 3.50. The standard InChI is InChI=1S/C10H17NO2/c1-10(2,7-12)11(3)8-4-5-9(13)6-8/h6,12H,4-5,7H2,1-3H3. The van der Waals surface area contributed by atoms with E-state index in [1.807, 2.05) is 25.8 Å². The van der Waals surface area contributed by atoms with Gasteiger partial charge in [0.1, 0.15) is 0 Å². The molecule has 74 valence electrons. The summed E-state index contributed by atoms with van der Waals surface area (Å²) in [5.41, 5.74) is 0.750. The summed E-state index contributed by atoms with van der Waals surface area (Å²) in [7, 11) is 1.92. The molecule has 0 fully saturated rings. The first kappa shape index (κ1) is 10.3. The third-order valence-corrected chi connectivity index (χ3v) is 2.68. The van der Waals surface area contributed by atoms with E-state index in [1.165, 1.54) is 0 Å². The molecule has 0 bridgehead atoms. The maximum atomic E-state index is 11.0. The second-order valence-electron chi connectivity index (χ2n) is 4.13. The van der Waals surface area contributed by atoms with Crippen LogP contribution in [0.25, 0.3) is 0 Å². The molecule has 0 saturated heterocycles. The molecule has 1 aliphatic rings. The van der Waals surface area contributed by atoms with Crippen LogP contribution in [0.1, 0.15) is 26.7 Å². The summed E-state index contributed by atoms with van der Waals surface area (Å²) in [4.78, 5) is 13.0. The lowest BCUT2D eigenvalue weighted by atomic mass is 10.0. The van der Waals surface area contributed by atoms with E-state index in [9.17, 15) is 4.79 Å². The fraction of sp³-hybridized carbons (Fsp3) is 0.700. The van der Waals surface area contributed by atoms with Gasteiger partial charge in [0, 0.05) is 25.2 Å². The maximum absolute atomic E-state index is 11.0. The number of aliphatic hydroxyl groups excluding tert-OH is 1. The normalized spacial score (nSPS) is 17.5. The minimum absolute atomic E-state index is 0.0923. The number of nitrogens with zero attached hydrogens (tertiary/aromatic N) is 1. The van der Waals surface area contributed by atoms with Crippen molar-refractivity contribution < 1.29 is 9.90 Å². The third-order valence-electron chi connectivity index (χ3n) is 2.68. The van der Waals surface area contributed by atoms with Crippen LogP contribution >= 0.6 is 0 Å². The Balaban J connectivity index is 2.73. The number of allylic oxidation sites excluding steroid dienone is 2. The highest BCUT2D eigenvalue weighted by Crippen LogP contribution is 2.24. The highest BCUT2D eigenvalue weighted by atomic mass is 16.3. The molecule has 0 heterocycles. The monoisotopic (exact) mass is 183 g/mol. The molecule has 3 heteroatoms. The average molecular weight is 183 g/mol. The predicted octanol–water partition coefficient (Wildman–Crippen LogP) is 0.936. The highest BCUT2D eigenvalue weighted by Gasteiger charge is 2.26. The average Bonchev–Trinajstić information content (AvgIpc) is 2.50. The summed E-state index contributed by atoms with van der Waals surface area (Å²) < 4.78 is 0. The van der Waals surface area contributed by atoms with Crippen LogP contribution in [0.3, 0.4) is 0 Å². The lowest BCUT2D eigenvalue weighted by Gasteiger charge is -2.36. The van der Waals surface area contributed by atoms with Crippen molar-refractivity contribution in [3.8, 4) is 0 Å². The molecular weight excluding hydrogens is 166 g/mol. The van der Waals surface area contributed by atoms with E-state index in [-0.39, 0.29) is 17.9 Å². The number of aliphatic hydroxyl groups is 1. The molecule has 1 rings (SSSR count). The number of ketones is 1. The van der Waals surface area contributed by atoms with Crippen LogP contribution in [0.15, 0.2) is 11.8 Å². The van der Waals surface area contributed by atoms with Gasteiger partial charge in [0.25, 0.3) is 0 Å². The molecule has 0 aromatic heterocycles. The Bertz CT molecular complexity index is 243. The van der Waals surface area contributed by atoms with Crippen molar-refractivity contribution in [2.45, 2.75) is 32.2 Å². The molecule has 0 aliphatic heterocycles.